The Kier molecular flexibility index (Phi) is 5.41. The Bertz CT molecular complexity index is 925. The van der Waals surface area contributed by atoms with Gasteiger partial charge in [0.2, 0.25) is 0 Å². The summed E-state index contributed by atoms with van der Waals surface area (Å²) in [5.74, 6) is -2.40. The van der Waals surface area contributed by atoms with Crippen LogP contribution in [0.4, 0.5) is 5.82 Å². The average Bonchev–Trinajstić information content (AvgIpc) is 2.93. The minimum absolute atomic E-state index is 0.228. The molecule has 0 spiro atoms. The van der Waals surface area contributed by atoms with E-state index in [1.807, 2.05) is 0 Å². The van der Waals surface area contributed by atoms with Crippen molar-refractivity contribution >= 4 is 41.1 Å². The number of pyridine rings is 1. The van der Waals surface area contributed by atoms with Crippen molar-refractivity contribution in [2.75, 3.05) is 5.32 Å². The molecule has 0 saturated carbocycles. The Balaban J connectivity index is 1.64. The normalized spacial score (nSPS) is 15.0. The largest absolute Gasteiger partial charge is 0.451 e. The van der Waals surface area contributed by atoms with Crippen molar-refractivity contribution < 1.29 is 23.9 Å². The molecule has 3 rings (SSSR count). The van der Waals surface area contributed by atoms with Crippen LogP contribution in [0.15, 0.2) is 42.6 Å². The number of anilines is 1. The summed E-state index contributed by atoms with van der Waals surface area (Å²) in [7, 11) is 0. The SMILES string of the molecule is C[C@H](OC(=O)[C@@H](C)N1C(=O)c2ccccc2C1=O)C(=O)Nc1ccc(Cl)cn1. The molecule has 2 atom stereocenters. The van der Waals surface area contributed by atoms with Gasteiger partial charge in [0.1, 0.15) is 11.9 Å². The zero-order chi connectivity index (χ0) is 20.4. The van der Waals surface area contributed by atoms with Crippen LogP contribution in [0, 0.1) is 0 Å². The molecule has 3 amide bonds. The second-order valence-electron chi connectivity index (χ2n) is 6.13. The van der Waals surface area contributed by atoms with E-state index in [-0.39, 0.29) is 16.9 Å². The number of halogens is 1. The average molecular weight is 402 g/mol. The van der Waals surface area contributed by atoms with Gasteiger partial charge in [0.05, 0.1) is 16.1 Å². The molecule has 0 bridgehead atoms. The van der Waals surface area contributed by atoms with Gasteiger partial charge >= 0.3 is 5.97 Å². The van der Waals surface area contributed by atoms with Gasteiger partial charge in [-0.25, -0.2) is 9.78 Å². The van der Waals surface area contributed by atoms with Crippen LogP contribution in [-0.4, -0.2) is 45.7 Å². The molecule has 9 heteroatoms. The van der Waals surface area contributed by atoms with E-state index in [2.05, 4.69) is 10.3 Å². The molecule has 1 aromatic heterocycles. The van der Waals surface area contributed by atoms with E-state index in [0.29, 0.717) is 5.02 Å². The predicted octanol–water partition coefficient (Wildman–Crippen LogP) is 2.29. The summed E-state index contributed by atoms with van der Waals surface area (Å²) in [5.41, 5.74) is 0.457. The minimum Gasteiger partial charge on any atom is -0.451 e. The van der Waals surface area contributed by atoms with Gasteiger partial charge in [0.15, 0.2) is 6.10 Å². The first-order valence-corrected chi connectivity index (χ1v) is 8.77. The number of carbonyl (C=O) groups is 4. The Hall–Kier alpha value is -3.26. The summed E-state index contributed by atoms with van der Waals surface area (Å²) in [6.45, 7) is 2.74. The van der Waals surface area contributed by atoms with Crippen LogP contribution in [0.25, 0.3) is 0 Å². The molecule has 2 heterocycles. The topological polar surface area (TPSA) is 106 Å². The number of hydrogen-bond acceptors (Lipinski definition) is 6. The Labute approximate surface area is 165 Å². The van der Waals surface area contributed by atoms with Crippen LogP contribution in [0.3, 0.4) is 0 Å². The summed E-state index contributed by atoms with van der Waals surface area (Å²) in [6, 6.07) is 8.16. The number of nitrogens with zero attached hydrogens (tertiary/aromatic N) is 2. The lowest BCUT2D eigenvalue weighted by atomic mass is 10.1. The van der Waals surface area contributed by atoms with E-state index >= 15 is 0 Å². The number of carbonyl (C=O) groups excluding carboxylic acids is 4. The zero-order valence-electron chi connectivity index (χ0n) is 15.0. The van der Waals surface area contributed by atoms with E-state index in [0.717, 1.165) is 4.90 Å². The maximum atomic E-state index is 12.4. The van der Waals surface area contributed by atoms with Gasteiger partial charge in [0.25, 0.3) is 17.7 Å². The van der Waals surface area contributed by atoms with Crippen molar-refractivity contribution in [1.29, 1.82) is 0 Å². The second kappa shape index (κ2) is 7.77. The molecule has 8 nitrogen and oxygen atoms in total. The van der Waals surface area contributed by atoms with Gasteiger partial charge in [0, 0.05) is 6.20 Å². The van der Waals surface area contributed by atoms with E-state index in [1.165, 1.54) is 38.2 Å². The van der Waals surface area contributed by atoms with Gasteiger partial charge < -0.3 is 10.1 Å². The quantitative estimate of drug-likeness (QED) is 0.608. The van der Waals surface area contributed by atoms with E-state index in [4.69, 9.17) is 16.3 Å². The first-order valence-electron chi connectivity index (χ1n) is 8.39. The number of imide groups is 1. The van der Waals surface area contributed by atoms with Crippen molar-refractivity contribution in [3.05, 3.63) is 58.7 Å². The van der Waals surface area contributed by atoms with Crippen molar-refractivity contribution in [2.24, 2.45) is 0 Å². The number of aromatic nitrogens is 1. The highest BCUT2D eigenvalue weighted by molar-refractivity contribution is 6.30. The smallest absolute Gasteiger partial charge is 0.329 e. The number of fused-ring (bicyclic) bond motifs is 1. The second-order valence-corrected chi connectivity index (χ2v) is 6.57. The number of esters is 1. The standard InChI is InChI=1S/C19H16ClN3O5/c1-10(23-17(25)13-5-3-4-6-14(13)18(23)26)19(27)28-11(2)16(24)22-15-8-7-12(20)9-21-15/h3-11H,1-2H3,(H,21,22,24)/t10-,11+/m1/s1. The monoisotopic (exact) mass is 401 g/mol. The number of ether oxygens (including phenoxy) is 1. The van der Waals surface area contributed by atoms with Gasteiger partial charge in [-0.1, -0.05) is 23.7 Å². The first kappa shape index (κ1) is 19.5. The summed E-state index contributed by atoms with van der Waals surface area (Å²) < 4.78 is 5.13. The van der Waals surface area contributed by atoms with Crippen LogP contribution in [0.2, 0.25) is 5.02 Å². The van der Waals surface area contributed by atoms with Crippen molar-refractivity contribution in [3.8, 4) is 0 Å². The zero-order valence-corrected chi connectivity index (χ0v) is 15.8. The Morgan fingerprint density at radius 1 is 1.07 bits per heavy atom. The fourth-order valence-electron chi connectivity index (χ4n) is 2.67. The number of rotatable bonds is 5. The first-order chi connectivity index (χ1) is 13.3. The molecular formula is C19H16ClN3O5. The number of hydrogen-bond donors (Lipinski definition) is 1. The number of amides is 3. The molecule has 1 aliphatic heterocycles. The Morgan fingerprint density at radius 3 is 2.21 bits per heavy atom. The van der Waals surface area contributed by atoms with Crippen molar-refractivity contribution in [1.82, 2.24) is 9.88 Å². The van der Waals surface area contributed by atoms with Crippen LogP contribution in [-0.2, 0) is 14.3 Å². The molecule has 0 saturated heterocycles. The third kappa shape index (κ3) is 3.72. The third-order valence-corrected chi connectivity index (χ3v) is 4.42. The van der Waals surface area contributed by atoms with Crippen LogP contribution < -0.4 is 5.32 Å². The predicted molar refractivity (Wildman–Crippen MR) is 99.8 cm³/mol. The fourth-order valence-corrected chi connectivity index (χ4v) is 2.78. The lowest BCUT2D eigenvalue weighted by molar-refractivity contribution is -0.156. The molecule has 0 radical (unpaired) electrons. The number of benzene rings is 1. The molecule has 1 aromatic carbocycles. The van der Waals surface area contributed by atoms with Gasteiger partial charge in [-0.3, -0.25) is 19.3 Å². The Morgan fingerprint density at radius 2 is 1.68 bits per heavy atom. The summed E-state index contributed by atoms with van der Waals surface area (Å²) >= 11 is 5.73. The lowest BCUT2D eigenvalue weighted by Crippen LogP contribution is -2.45. The van der Waals surface area contributed by atoms with Gasteiger partial charge in [-0.2, -0.15) is 0 Å². The summed E-state index contributed by atoms with van der Waals surface area (Å²) in [4.78, 5) is 54.2. The maximum Gasteiger partial charge on any atom is 0.329 e. The molecule has 144 valence electrons. The molecule has 0 fully saturated rings. The molecule has 1 aliphatic rings. The highest BCUT2D eigenvalue weighted by Gasteiger charge is 2.41. The van der Waals surface area contributed by atoms with Crippen LogP contribution >= 0.6 is 11.6 Å². The van der Waals surface area contributed by atoms with Gasteiger partial charge in [-0.15, -0.1) is 0 Å². The fraction of sp³-hybridized carbons (Fsp3) is 0.211. The van der Waals surface area contributed by atoms with Crippen molar-refractivity contribution in [2.45, 2.75) is 26.0 Å². The molecule has 0 aliphatic carbocycles. The minimum atomic E-state index is -1.18. The molecule has 28 heavy (non-hydrogen) atoms. The summed E-state index contributed by atoms with van der Waals surface area (Å²) in [6.07, 6.45) is 0.195. The van der Waals surface area contributed by atoms with Gasteiger partial charge in [-0.05, 0) is 38.1 Å². The maximum absolute atomic E-state index is 12.4. The summed E-state index contributed by atoms with van der Waals surface area (Å²) in [5, 5.41) is 2.89. The number of nitrogens with one attached hydrogen (secondary N) is 1. The van der Waals surface area contributed by atoms with E-state index in [9.17, 15) is 19.2 Å². The van der Waals surface area contributed by atoms with Crippen LogP contribution in [0.1, 0.15) is 34.6 Å². The molecule has 2 aromatic rings. The lowest BCUT2D eigenvalue weighted by Gasteiger charge is -2.22. The third-order valence-electron chi connectivity index (χ3n) is 4.19. The highest BCUT2D eigenvalue weighted by atomic mass is 35.5. The molecule has 1 N–H and O–H groups in total. The van der Waals surface area contributed by atoms with E-state index in [1.54, 1.807) is 18.2 Å². The van der Waals surface area contributed by atoms with Crippen molar-refractivity contribution in [3.63, 3.8) is 0 Å². The molecular weight excluding hydrogens is 386 g/mol. The highest BCUT2D eigenvalue weighted by Crippen LogP contribution is 2.25. The van der Waals surface area contributed by atoms with Crippen LogP contribution in [0.5, 0.6) is 0 Å². The van der Waals surface area contributed by atoms with E-state index < -0.39 is 35.8 Å². The molecule has 0 unspecified atom stereocenters.